The van der Waals surface area contributed by atoms with Gasteiger partial charge in [0.05, 0.1) is 0 Å². The molecule has 0 heterocycles. The Morgan fingerprint density at radius 1 is 1.00 bits per heavy atom. The van der Waals surface area contributed by atoms with Crippen molar-refractivity contribution in [1.82, 2.24) is 0 Å². The third-order valence-corrected chi connectivity index (χ3v) is 2.04. The summed E-state index contributed by atoms with van der Waals surface area (Å²) in [7, 11) is 0. The number of oxime groups is 1. The minimum Gasteiger partial charge on any atom is -0.343 e. The predicted molar refractivity (Wildman–Crippen MR) is 47.1 cm³/mol. The molecule has 14 heteroatoms. The molecule has 1 unspecified atom stereocenters. The van der Waals surface area contributed by atoms with E-state index < -0.39 is 34.9 Å². The molecule has 120 valence electrons. The van der Waals surface area contributed by atoms with Crippen LogP contribution in [0.3, 0.4) is 0 Å². The molecule has 0 aromatic carbocycles. The Kier molecular flexibility index (Phi) is 5.46. The number of halogens is 11. The van der Waals surface area contributed by atoms with Crippen LogP contribution in [-0.4, -0.2) is 40.0 Å². The zero-order chi connectivity index (χ0) is 16.6. The first kappa shape index (κ1) is 19.4. The quantitative estimate of drug-likeness (QED) is 0.267. The highest BCUT2D eigenvalue weighted by Gasteiger charge is 2.71. The molecule has 0 saturated heterocycles. The Morgan fingerprint density at radius 3 is 1.60 bits per heavy atom. The van der Waals surface area contributed by atoms with Gasteiger partial charge in [-0.05, 0) is 23.2 Å². The van der Waals surface area contributed by atoms with Crippen molar-refractivity contribution in [1.29, 1.82) is 0 Å². The number of rotatable bonds is 5. The van der Waals surface area contributed by atoms with Crippen molar-refractivity contribution in [3.05, 3.63) is 0 Å². The van der Waals surface area contributed by atoms with Gasteiger partial charge in [-0.25, -0.2) is 4.39 Å². The molecule has 0 aliphatic rings. The summed E-state index contributed by atoms with van der Waals surface area (Å²) in [4.78, 5) is 2.80. The Hall–Kier alpha value is -0.620. The highest BCUT2D eigenvalue weighted by Crippen LogP contribution is 2.46. The van der Waals surface area contributed by atoms with Crippen LogP contribution in [0.4, 0.5) is 39.5 Å². The molecular weight excluding hydrogens is 360 g/mol. The summed E-state index contributed by atoms with van der Waals surface area (Å²) < 4.78 is 109. The lowest BCUT2D eigenvalue weighted by Crippen LogP contribution is -2.57. The average molecular weight is 362 g/mol. The molecule has 0 rings (SSSR count). The first-order chi connectivity index (χ1) is 8.54. The van der Waals surface area contributed by atoms with Gasteiger partial charge in [0.1, 0.15) is 0 Å². The summed E-state index contributed by atoms with van der Waals surface area (Å²) >= 11 is 8.00. The summed E-state index contributed by atoms with van der Waals surface area (Å²) in [6, 6.07) is 0. The first-order valence-electron chi connectivity index (χ1n) is 4.02. The Bertz CT molecular complexity index is 360. The number of alkyl halides is 10. The molecule has 0 aromatic rings. The summed E-state index contributed by atoms with van der Waals surface area (Å²) in [6.07, 6.45) is -10.3. The molecule has 0 fully saturated rings. The lowest BCUT2D eigenvalue weighted by atomic mass is 10.3. The standard InChI is InChI=1S/C6H2Cl2F9NO2/c7-5(14,15)4(19,6(8,16)17)20-18-2(10)1(9)3(11,12)13/h1,19H/b18-2-. The maximum Gasteiger partial charge on any atom is 0.428 e. The van der Waals surface area contributed by atoms with E-state index in [9.17, 15) is 39.5 Å². The first-order valence-corrected chi connectivity index (χ1v) is 4.78. The molecule has 0 bridgehead atoms. The van der Waals surface area contributed by atoms with Crippen molar-refractivity contribution in [3.63, 3.8) is 0 Å². The third-order valence-electron chi connectivity index (χ3n) is 1.53. The van der Waals surface area contributed by atoms with E-state index in [1.807, 2.05) is 0 Å². The number of nitrogens with zero attached hydrogens (tertiary/aromatic N) is 1. The zero-order valence-electron chi connectivity index (χ0n) is 8.54. The average Bonchev–Trinajstić information content (AvgIpc) is 2.19. The van der Waals surface area contributed by atoms with Crippen molar-refractivity contribution in [2.24, 2.45) is 5.16 Å². The fourth-order valence-corrected chi connectivity index (χ4v) is 0.910. The Morgan fingerprint density at radius 2 is 1.35 bits per heavy atom. The van der Waals surface area contributed by atoms with Gasteiger partial charge in [0, 0.05) is 0 Å². The molecule has 0 radical (unpaired) electrons. The van der Waals surface area contributed by atoms with Crippen LogP contribution in [0.15, 0.2) is 5.16 Å². The van der Waals surface area contributed by atoms with Gasteiger partial charge in [0.15, 0.2) is 0 Å². The predicted octanol–water partition coefficient (Wildman–Crippen LogP) is 3.54. The van der Waals surface area contributed by atoms with E-state index in [-0.39, 0.29) is 0 Å². The summed E-state index contributed by atoms with van der Waals surface area (Å²) in [5.74, 6) is -8.40. The van der Waals surface area contributed by atoms with Gasteiger partial charge < -0.3 is 9.94 Å². The molecule has 0 aromatic heterocycles. The van der Waals surface area contributed by atoms with Gasteiger partial charge in [-0.15, -0.1) is 0 Å². The number of aliphatic hydroxyl groups is 1. The molecule has 1 atom stereocenters. The van der Waals surface area contributed by atoms with Crippen molar-refractivity contribution >= 4 is 29.2 Å². The Balaban J connectivity index is 5.36. The van der Waals surface area contributed by atoms with Gasteiger partial charge in [-0.3, -0.25) is 0 Å². The molecule has 0 aliphatic heterocycles. The largest absolute Gasteiger partial charge is 0.428 e. The fraction of sp³-hybridized carbons (Fsp3) is 0.833. The van der Waals surface area contributed by atoms with Crippen LogP contribution in [0.5, 0.6) is 0 Å². The SMILES string of the molecule is OC(O/N=C(\F)C(F)C(F)(F)F)(C(F)(F)Cl)C(F)(F)Cl. The number of hydrogen-bond acceptors (Lipinski definition) is 3. The van der Waals surface area contributed by atoms with E-state index in [0.717, 1.165) is 0 Å². The van der Waals surface area contributed by atoms with Gasteiger partial charge >= 0.3 is 22.7 Å². The van der Waals surface area contributed by atoms with Gasteiger partial charge in [0.2, 0.25) is 0 Å². The Labute approximate surface area is 113 Å². The fourth-order valence-electron chi connectivity index (χ4n) is 0.555. The highest BCUT2D eigenvalue weighted by molar-refractivity contribution is 6.26. The van der Waals surface area contributed by atoms with Gasteiger partial charge in [-0.2, -0.15) is 35.1 Å². The normalized spacial score (nSPS) is 17.1. The van der Waals surface area contributed by atoms with E-state index in [2.05, 4.69) is 28.0 Å². The maximum absolute atomic E-state index is 12.5. The van der Waals surface area contributed by atoms with Crippen LogP contribution >= 0.6 is 23.2 Å². The second-order valence-electron chi connectivity index (χ2n) is 3.05. The minimum absolute atomic E-state index is 1.37. The topological polar surface area (TPSA) is 41.8 Å². The van der Waals surface area contributed by atoms with Crippen molar-refractivity contribution in [2.45, 2.75) is 28.9 Å². The molecular formula is C6H2Cl2F9NO2. The van der Waals surface area contributed by atoms with Crippen LogP contribution in [0.2, 0.25) is 0 Å². The summed E-state index contributed by atoms with van der Waals surface area (Å²) in [6.45, 7) is 0. The molecule has 0 amide bonds. The van der Waals surface area contributed by atoms with Crippen LogP contribution in [0, 0.1) is 0 Å². The van der Waals surface area contributed by atoms with Crippen LogP contribution < -0.4 is 0 Å². The van der Waals surface area contributed by atoms with E-state index in [1.54, 1.807) is 0 Å². The van der Waals surface area contributed by atoms with E-state index in [0.29, 0.717) is 0 Å². The summed E-state index contributed by atoms with van der Waals surface area (Å²) in [5, 5.41) is -0.795. The second-order valence-corrected chi connectivity index (χ2v) is 4.00. The minimum atomic E-state index is -5.86. The van der Waals surface area contributed by atoms with Crippen molar-refractivity contribution in [3.8, 4) is 0 Å². The van der Waals surface area contributed by atoms with E-state index in [1.165, 1.54) is 5.16 Å². The lowest BCUT2D eigenvalue weighted by Gasteiger charge is -2.31. The van der Waals surface area contributed by atoms with Gasteiger partial charge in [-0.1, -0.05) is 5.16 Å². The lowest BCUT2D eigenvalue weighted by molar-refractivity contribution is -0.351. The monoisotopic (exact) mass is 361 g/mol. The summed E-state index contributed by atoms with van der Waals surface area (Å²) in [5.41, 5.74) is 0. The zero-order valence-corrected chi connectivity index (χ0v) is 10.0. The molecule has 0 aliphatic carbocycles. The van der Waals surface area contributed by atoms with E-state index in [4.69, 9.17) is 5.11 Å². The molecule has 0 saturated carbocycles. The van der Waals surface area contributed by atoms with Gasteiger partial charge in [0.25, 0.3) is 12.1 Å². The molecule has 3 nitrogen and oxygen atoms in total. The molecule has 1 N–H and O–H groups in total. The van der Waals surface area contributed by atoms with Crippen LogP contribution in [0.1, 0.15) is 0 Å². The molecule has 20 heavy (non-hydrogen) atoms. The van der Waals surface area contributed by atoms with Crippen molar-refractivity contribution in [2.75, 3.05) is 0 Å². The number of hydrogen-bond donors (Lipinski definition) is 1. The third kappa shape index (κ3) is 4.19. The van der Waals surface area contributed by atoms with E-state index >= 15 is 0 Å². The molecule has 0 spiro atoms. The second kappa shape index (κ2) is 5.64. The highest BCUT2D eigenvalue weighted by atomic mass is 35.5. The van der Waals surface area contributed by atoms with Crippen LogP contribution in [-0.2, 0) is 4.84 Å². The van der Waals surface area contributed by atoms with Crippen molar-refractivity contribution < 1.29 is 49.5 Å². The van der Waals surface area contributed by atoms with Crippen LogP contribution in [0.25, 0.3) is 0 Å². The smallest absolute Gasteiger partial charge is 0.343 e. The maximum atomic E-state index is 12.5.